The first-order valence-electron chi connectivity index (χ1n) is 4.29. The van der Waals surface area contributed by atoms with Gasteiger partial charge in [-0.1, -0.05) is 12.2 Å². The molecule has 0 amide bonds. The van der Waals surface area contributed by atoms with Crippen molar-refractivity contribution >= 4 is 29.1 Å². The van der Waals surface area contributed by atoms with E-state index in [0.717, 1.165) is 0 Å². The van der Waals surface area contributed by atoms with Crippen LogP contribution >= 0.6 is 12.2 Å². The van der Waals surface area contributed by atoms with Crippen LogP contribution in [0, 0.1) is 5.92 Å². The molecule has 0 saturated carbocycles. The largest absolute Gasteiger partial charge is 0.468 e. The molecule has 6 heteroatoms. The number of methoxy groups -OCH3 is 2. The third kappa shape index (κ3) is 4.24. The fourth-order valence-corrected chi connectivity index (χ4v) is 1.07. The molecule has 0 rings (SSSR count). The van der Waals surface area contributed by atoms with Crippen LogP contribution in [0.25, 0.3) is 0 Å². The van der Waals surface area contributed by atoms with E-state index >= 15 is 0 Å². The van der Waals surface area contributed by atoms with Crippen LogP contribution in [0.2, 0.25) is 0 Å². The molecule has 86 valence electrons. The van der Waals surface area contributed by atoms with Gasteiger partial charge in [-0.2, -0.15) is 0 Å². The summed E-state index contributed by atoms with van der Waals surface area (Å²) in [6, 6.07) is 0. The second-order valence-corrected chi connectivity index (χ2v) is 3.56. The Morgan fingerprint density at radius 3 is 1.87 bits per heavy atom. The Bertz CT molecular complexity index is 249. The van der Waals surface area contributed by atoms with E-state index in [-0.39, 0.29) is 6.42 Å². The molecule has 0 saturated heterocycles. The van der Waals surface area contributed by atoms with Gasteiger partial charge in [0, 0.05) is 20.5 Å². The molecule has 0 unspecified atom stereocenters. The molecule has 0 aromatic rings. The minimum atomic E-state index is -0.977. The number of carbonyl (C=O) groups is 2. The van der Waals surface area contributed by atoms with E-state index in [4.69, 9.17) is 12.2 Å². The number of hydrogen-bond acceptors (Lipinski definition) is 5. The molecule has 5 nitrogen and oxygen atoms in total. The maximum absolute atomic E-state index is 11.3. The predicted molar refractivity (Wildman–Crippen MR) is 58.4 cm³/mol. The highest BCUT2D eigenvalue weighted by molar-refractivity contribution is 7.80. The fraction of sp³-hybridized carbons (Fsp3) is 0.667. The average Bonchev–Trinajstić information content (AvgIpc) is 2.23. The van der Waals surface area contributed by atoms with Crippen molar-refractivity contribution in [3.8, 4) is 0 Å². The number of nitrogens with zero attached hydrogens (tertiary/aromatic N) is 1. The van der Waals surface area contributed by atoms with E-state index in [1.54, 1.807) is 19.0 Å². The van der Waals surface area contributed by atoms with Crippen LogP contribution in [0.4, 0.5) is 0 Å². The van der Waals surface area contributed by atoms with Gasteiger partial charge >= 0.3 is 11.9 Å². The minimum Gasteiger partial charge on any atom is -0.468 e. The maximum Gasteiger partial charge on any atom is 0.320 e. The molecular weight excluding hydrogens is 218 g/mol. The zero-order valence-electron chi connectivity index (χ0n) is 9.27. The Kier molecular flexibility index (Phi) is 5.84. The SMILES string of the molecule is COC(=O)C(CC(=S)N(C)C)C(=O)OC. The second-order valence-electron chi connectivity index (χ2n) is 3.09. The predicted octanol–water partition coefficient (Wildman–Crippen LogP) is 0.228. The van der Waals surface area contributed by atoms with E-state index < -0.39 is 17.9 Å². The third-order valence-corrected chi connectivity index (χ3v) is 2.38. The maximum atomic E-state index is 11.3. The van der Waals surface area contributed by atoms with Gasteiger partial charge in [0.05, 0.1) is 19.2 Å². The smallest absolute Gasteiger partial charge is 0.320 e. The Balaban J connectivity index is 4.59. The molecular formula is C9H15NO4S. The normalized spacial score (nSPS) is 9.67. The van der Waals surface area contributed by atoms with Gasteiger partial charge in [0.25, 0.3) is 0 Å². The van der Waals surface area contributed by atoms with Gasteiger partial charge in [0.1, 0.15) is 0 Å². The van der Waals surface area contributed by atoms with Crippen molar-refractivity contribution in [2.45, 2.75) is 6.42 Å². The van der Waals surface area contributed by atoms with Crippen molar-refractivity contribution in [3.63, 3.8) is 0 Å². The van der Waals surface area contributed by atoms with Gasteiger partial charge in [-0.25, -0.2) is 0 Å². The molecule has 0 atom stereocenters. The summed E-state index contributed by atoms with van der Waals surface area (Å²) in [6.07, 6.45) is 0.127. The first-order chi connectivity index (χ1) is 6.93. The van der Waals surface area contributed by atoms with Gasteiger partial charge < -0.3 is 14.4 Å². The first-order valence-corrected chi connectivity index (χ1v) is 4.70. The lowest BCUT2D eigenvalue weighted by Gasteiger charge is -2.17. The highest BCUT2D eigenvalue weighted by atomic mass is 32.1. The van der Waals surface area contributed by atoms with Crippen molar-refractivity contribution in [1.29, 1.82) is 0 Å². The van der Waals surface area contributed by atoms with Crippen molar-refractivity contribution < 1.29 is 19.1 Å². The zero-order chi connectivity index (χ0) is 12.0. The molecule has 0 heterocycles. The Hall–Kier alpha value is -1.17. The van der Waals surface area contributed by atoms with Crippen molar-refractivity contribution in [2.75, 3.05) is 28.3 Å². The number of hydrogen-bond donors (Lipinski definition) is 0. The summed E-state index contributed by atoms with van der Waals surface area (Å²) >= 11 is 5.00. The minimum absolute atomic E-state index is 0.127. The van der Waals surface area contributed by atoms with Crippen molar-refractivity contribution in [2.24, 2.45) is 5.92 Å². The van der Waals surface area contributed by atoms with Gasteiger partial charge in [-0.3, -0.25) is 9.59 Å². The van der Waals surface area contributed by atoms with Crippen molar-refractivity contribution in [3.05, 3.63) is 0 Å². The Labute approximate surface area is 94.3 Å². The van der Waals surface area contributed by atoms with E-state index in [2.05, 4.69) is 9.47 Å². The Morgan fingerprint density at radius 1 is 1.20 bits per heavy atom. The fourth-order valence-electron chi connectivity index (χ4n) is 0.905. The van der Waals surface area contributed by atoms with Gasteiger partial charge in [-0.15, -0.1) is 0 Å². The number of esters is 2. The summed E-state index contributed by atoms with van der Waals surface area (Å²) in [4.78, 5) is 24.7. The van der Waals surface area contributed by atoms with Gasteiger partial charge in [-0.05, 0) is 0 Å². The van der Waals surface area contributed by atoms with Gasteiger partial charge in [0.2, 0.25) is 0 Å². The summed E-state index contributed by atoms with van der Waals surface area (Å²) in [5, 5.41) is 0. The molecule has 15 heavy (non-hydrogen) atoms. The lowest BCUT2D eigenvalue weighted by atomic mass is 10.1. The monoisotopic (exact) mass is 233 g/mol. The summed E-state index contributed by atoms with van der Waals surface area (Å²) in [5.74, 6) is -2.24. The summed E-state index contributed by atoms with van der Waals surface area (Å²) < 4.78 is 9.00. The molecule has 0 aliphatic carbocycles. The van der Waals surface area contributed by atoms with Crippen LogP contribution in [0.1, 0.15) is 6.42 Å². The lowest BCUT2D eigenvalue weighted by Crippen LogP contribution is -2.32. The highest BCUT2D eigenvalue weighted by Gasteiger charge is 2.30. The average molecular weight is 233 g/mol. The molecule has 0 fully saturated rings. The molecule has 0 aliphatic rings. The topological polar surface area (TPSA) is 55.8 Å². The molecule has 0 aliphatic heterocycles. The van der Waals surface area contributed by atoms with E-state index in [9.17, 15) is 9.59 Å². The van der Waals surface area contributed by atoms with E-state index in [1.165, 1.54) is 14.2 Å². The van der Waals surface area contributed by atoms with Crippen LogP contribution in [0.5, 0.6) is 0 Å². The van der Waals surface area contributed by atoms with Crippen LogP contribution in [0.15, 0.2) is 0 Å². The van der Waals surface area contributed by atoms with Crippen LogP contribution in [-0.2, 0) is 19.1 Å². The quantitative estimate of drug-likeness (QED) is 0.393. The first kappa shape index (κ1) is 13.8. The van der Waals surface area contributed by atoms with E-state index in [0.29, 0.717) is 4.99 Å². The number of ether oxygens (including phenoxy) is 2. The molecule has 0 spiro atoms. The lowest BCUT2D eigenvalue weighted by molar-refractivity contribution is -0.158. The molecule has 0 N–H and O–H groups in total. The second kappa shape index (κ2) is 6.34. The standard InChI is InChI=1S/C9H15NO4S/c1-10(2)7(15)5-6(8(11)13-3)9(12)14-4/h6H,5H2,1-4H3. The van der Waals surface area contributed by atoms with Crippen LogP contribution < -0.4 is 0 Å². The molecule has 0 bridgehead atoms. The van der Waals surface area contributed by atoms with E-state index in [1.807, 2.05) is 0 Å². The summed E-state index contributed by atoms with van der Waals surface area (Å²) in [7, 11) is 5.93. The van der Waals surface area contributed by atoms with Gasteiger partial charge in [0.15, 0.2) is 5.92 Å². The molecule has 0 aromatic heterocycles. The number of carbonyl (C=O) groups excluding carboxylic acids is 2. The highest BCUT2D eigenvalue weighted by Crippen LogP contribution is 2.10. The molecule has 0 radical (unpaired) electrons. The Morgan fingerprint density at radius 2 is 1.60 bits per heavy atom. The van der Waals surface area contributed by atoms with Crippen molar-refractivity contribution in [1.82, 2.24) is 4.90 Å². The third-order valence-electron chi connectivity index (χ3n) is 1.85. The van der Waals surface area contributed by atoms with Crippen LogP contribution in [-0.4, -0.2) is 50.1 Å². The zero-order valence-corrected chi connectivity index (χ0v) is 10.1. The summed E-state index contributed by atoms with van der Waals surface area (Å²) in [6.45, 7) is 0. The number of thiocarbonyl (C=S) groups is 1. The number of rotatable bonds is 4. The summed E-state index contributed by atoms with van der Waals surface area (Å²) in [5.41, 5.74) is 0. The van der Waals surface area contributed by atoms with Crippen LogP contribution in [0.3, 0.4) is 0 Å². The molecule has 0 aromatic carbocycles.